The monoisotopic (exact) mass is 105 g/mol. The number of hydroxylamine groups is 1. The van der Waals surface area contributed by atoms with E-state index in [1.807, 2.05) is 0 Å². The van der Waals surface area contributed by atoms with E-state index < -0.39 is 0 Å². The quantitative estimate of drug-likeness (QED) is 0.393. The van der Waals surface area contributed by atoms with E-state index in [2.05, 4.69) is 9.88 Å². The van der Waals surface area contributed by atoms with Crippen LogP contribution in [0.2, 0.25) is 0 Å². The van der Waals surface area contributed by atoms with E-state index in [1.165, 1.54) is 7.05 Å². The maximum absolute atomic E-state index is 6.57. The highest BCUT2D eigenvalue weighted by atomic mass is 17.3. The van der Waals surface area contributed by atoms with Crippen molar-refractivity contribution in [1.82, 2.24) is 5.17 Å². The largest absolute Gasteiger partial charge is 0.582 e. The van der Waals surface area contributed by atoms with Crippen LogP contribution in [0.3, 0.4) is 0 Å². The maximum atomic E-state index is 6.57. The van der Waals surface area contributed by atoms with Gasteiger partial charge in [-0.3, -0.25) is 5.17 Å². The summed E-state index contributed by atoms with van der Waals surface area (Å²) in [4.78, 5) is 8.52. The van der Waals surface area contributed by atoms with Gasteiger partial charge in [-0.2, -0.15) is 4.99 Å². The predicted octanol–water partition coefficient (Wildman–Crippen LogP) is 0.768. The molecule has 0 aromatic carbocycles. The van der Waals surface area contributed by atoms with E-state index in [9.17, 15) is 0 Å². The number of rotatable bonds is 3. The minimum atomic E-state index is 0.462. The second-order valence-corrected chi connectivity index (χ2v) is 0.979. The van der Waals surface area contributed by atoms with Gasteiger partial charge < -0.3 is 5.84 Å². The molecule has 0 aliphatic rings. The lowest BCUT2D eigenvalue weighted by atomic mass is 10.9. The summed E-state index contributed by atoms with van der Waals surface area (Å²) in [5, 5.41) is 0.740. The molecule has 0 heterocycles. The van der Waals surface area contributed by atoms with Gasteiger partial charge in [-0.15, -0.1) is 0 Å². The van der Waals surface area contributed by atoms with Gasteiger partial charge in [0.05, 0.1) is 6.61 Å². The molecule has 7 heavy (non-hydrogen) atoms. The third kappa shape index (κ3) is 5.84. The van der Waals surface area contributed by atoms with Crippen molar-refractivity contribution in [3.63, 3.8) is 0 Å². The predicted molar refractivity (Wildman–Crippen MR) is 24.8 cm³/mol. The molecule has 0 atom stereocenters. The Bertz CT molecular complexity index is 39.9. The number of hydrogen-bond acceptors (Lipinski definition) is 3. The molecule has 4 nitrogen and oxygen atoms in total. The Labute approximate surface area is 42.6 Å². The first-order valence-corrected chi connectivity index (χ1v) is 2.02. The van der Waals surface area contributed by atoms with Gasteiger partial charge in [0.2, 0.25) is 0 Å². The Kier molecular flexibility index (Phi) is 3.92. The first-order valence-electron chi connectivity index (χ1n) is 2.02. The highest BCUT2D eigenvalue weighted by Crippen LogP contribution is 1.81. The van der Waals surface area contributed by atoms with Crippen molar-refractivity contribution in [2.24, 2.45) is 0 Å². The Morgan fingerprint density at radius 2 is 2.29 bits per heavy atom. The van der Waals surface area contributed by atoms with Crippen molar-refractivity contribution in [2.45, 2.75) is 6.92 Å². The van der Waals surface area contributed by atoms with Crippen LogP contribution in [0.4, 0.5) is 0 Å². The average Bonchev–Trinajstić information content (AvgIpc) is 1.61. The Morgan fingerprint density at radius 3 is 2.43 bits per heavy atom. The summed E-state index contributed by atoms with van der Waals surface area (Å²) < 4.78 is 0. The molecule has 0 bridgehead atoms. The van der Waals surface area contributed by atoms with Gasteiger partial charge in [0.1, 0.15) is 0 Å². The molecule has 4 heteroatoms. The fraction of sp³-hybridized carbons (Fsp3) is 1.00. The fourth-order valence-electron chi connectivity index (χ4n) is 0.132. The van der Waals surface area contributed by atoms with Gasteiger partial charge in [-0.25, -0.2) is 4.89 Å². The van der Waals surface area contributed by atoms with Gasteiger partial charge in [0.25, 0.3) is 0 Å². The van der Waals surface area contributed by atoms with Crippen LogP contribution in [0.15, 0.2) is 0 Å². The molecule has 0 saturated carbocycles. The van der Waals surface area contributed by atoms with Crippen molar-refractivity contribution in [3.05, 3.63) is 5.84 Å². The van der Waals surface area contributed by atoms with Crippen LogP contribution in [0.5, 0.6) is 0 Å². The summed E-state index contributed by atoms with van der Waals surface area (Å²) in [6, 6.07) is 0. The number of nitrogens with zero attached hydrogens (tertiary/aromatic N) is 1. The summed E-state index contributed by atoms with van der Waals surface area (Å²) in [5.41, 5.74) is 0. The summed E-state index contributed by atoms with van der Waals surface area (Å²) in [7, 11) is 1.43. The van der Waals surface area contributed by atoms with E-state index in [-0.39, 0.29) is 0 Å². The molecule has 0 rings (SSSR count). The van der Waals surface area contributed by atoms with E-state index in [0.717, 1.165) is 5.17 Å². The molecule has 0 aliphatic heterocycles. The first kappa shape index (κ1) is 6.84. The van der Waals surface area contributed by atoms with Crippen molar-refractivity contribution in [2.75, 3.05) is 13.7 Å². The molecule has 44 valence electrons. The van der Waals surface area contributed by atoms with Crippen molar-refractivity contribution in [3.8, 4) is 0 Å². The maximum Gasteiger partial charge on any atom is 0.0813 e. The van der Waals surface area contributed by atoms with Crippen LogP contribution in [0, 0.1) is 0 Å². The van der Waals surface area contributed by atoms with Crippen molar-refractivity contribution >= 4 is 0 Å². The average molecular weight is 105 g/mol. The molecular formula is C3H9N2O2-. The number of nitrogens with one attached hydrogen (secondary N) is 1. The Morgan fingerprint density at radius 1 is 1.71 bits per heavy atom. The lowest BCUT2D eigenvalue weighted by Crippen LogP contribution is -2.08. The highest BCUT2D eigenvalue weighted by Gasteiger charge is 1.76. The Balaban J connectivity index is 2.68. The topological polar surface area (TPSA) is 45.5 Å². The Hall–Kier alpha value is -0.160. The second kappa shape index (κ2) is 4.01. The van der Waals surface area contributed by atoms with Gasteiger partial charge >= 0.3 is 0 Å². The molecule has 1 N–H and O–H groups in total. The SMILES string of the molecule is CCOON(C)[NH-]. The minimum Gasteiger partial charge on any atom is -0.582 e. The molecule has 0 spiro atoms. The number of hydrogen-bond donors (Lipinski definition) is 0. The first-order chi connectivity index (χ1) is 3.27. The lowest BCUT2D eigenvalue weighted by molar-refractivity contribution is -0.401. The van der Waals surface area contributed by atoms with Crippen LogP contribution in [0.1, 0.15) is 6.92 Å². The smallest absolute Gasteiger partial charge is 0.0813 e. The summed E-state index contributed by atoms with van der Waals surface area (Å²) in [5.74, 6) is 6.57. The molecule has 0 unspecified atom stereocenters. The van der Waals surface area contributed by atoms with Gasteiger partial charge in [-0.05, 0) is 14.0 Å². The van der Waals surface area contributed by atoms with Crippen LogP contribution < -0.4 is 0 Å². The standard InChI is InChI=1S/C3H9N2O2/c1-3-6-7-5(2)4/h4H,3H2,1-2H3/q-1. The third-order valence-electron chi connectivity index (χ3n) is 0.282. The molecule has 0 aromatic heterocycles. The van der Waals surface area contributed by atoms with Gasteiger partial charge in [0.15, 0.2) is 0 Å². The van der Waals surface area contributed by atoms with E-state index in [0.29, 0.717) is 6.61 Å². The van der Waals surface area contributed by atoms with Crippen LogP contribution in [0.25, 0.3) is 5.84 Å². The molecular weight excluding hydrogens is 96.0 g/mol. The zero-order valence-corrected chi connectivity index (χ0v) is 4.47. The molecule has 0 aromatic rings. The summed E-state index contributed by atoms with van der Waals surface area (Å²) >= 11 is 0. The van der Waals surface area contributed by atoms with Gasteiger partial charge in [-0.1, -0.05) is 0 Å². The molecule has 0 fully saturated rings. The normalized spacial score (nSPS) is 10.3. The minimum absolute atomic E-state index is 0.462. The summed E-state index contributed by atoms with van der Waals surface area (Å²) in [6.07, 6.45) is 0. The van der Waals surface area contributed by atoms with Crippen molar-refractivity contribution in [1.29, 1.82) is 0 Å². The molecule has 0 amide bonds. The molecule has 0 radical (unpaired) electrons. The third-order valence-corrected chi connectivity index (χ3v) is 0.282. The summed E-state index contributed by atoms with van der Waals surface area (Å²) in [6.45, 7) is 2.24. The van der Waals surface area contributed by atoms with Crippen LogP contribution in [-0.4, -0.2) is 18.8 Å². The van der Waals surface area contributed by atoms with Crippen molar-refractivity contribution < 1.29 is 9.88 Å². The zero-order chi connectivity index (χ0) is 5.70. The van der Waals surface area contributed by atoms with Gasteiger partial charge in [0, 0.05) is 0 Å². The highest BCUT2D eigenvalue weighted by molar-refractivity contribution is 4.17. The van der Waals surface area contributed by atoms with Crippen LogP contribution >= 0.6 is 0 Å². The van der Waals surface area contributed by atoms with E-state index in [1.54, 1.807) is 6.92 Å². The lowest BCUT2D eigenvalue weighted by Gasteiger charge is -2.15. The molecule has 0 aliphatic carbocycles. The fourth-order valence-corrected chi connectivity index (χ4v) is 0.132. The van der Waals surface area contributed by atoms with E-state index >= 15 is 0 Å². The van der Waals surface area contributed by atoms with E-state index in [4.69, 9.17) is 5.84 Å². The molecule has 0 saturated heterocycles. The second-order valence-electron chi connectivity index (χ2n) is 0.979. The zero-order valence-electron chi connectivity index (χ0n) is 4.47. The van der Waals surface area contributed by atoms with Crippen LogP contribution in [-0.2, 0) is 9.88 Å².